The first-order valence-electron chi connectivity index (χ1n) is 13.5. The number of isocyanates is 1. The Bertz CT molecular complexity index is 1050. The second kappa shape index (κ2) is 13.5. The monoisotopic (exact) mass is 560 g/mol. The largest absolute Gasteiger partial charge is 0.417 e. The molecule has 1 aromatic rings. The number of benzene rings is 1. The molecule has 0 bridgehead atoms. The molecule has 0 heterocycles. The molecule has 0 aliphatic rings. The fourth-order valence-electron chi connectivity index (χ4n) is 4.78. The van der Waals surface area contributed by atoms with E-state index in [1.54, 1.807) is 0 Å². The molecule has 0 aliphatic carbocycles. The molecule has 0 aliphatic heterocycles. The molecule has 8 heteroatoms. The molecule has 0 N–H and O–H groups in total. The Kier molecular flexibility index (Phi) is 12.1. The molecule has 1 aromatic carbocycles. The molecule has 1 rings (SSSR count). The second-order valence-corrected chi connectivity index (χ2v) is 18.8. The van der Waals surface area contributed by atoms with Crippen molar-refractivity contribution in [2.24, 2.45) is 26.9 Å². The first kappa shape index (κ1) is 34.1. The van der Waals surface area contributed by atoms with E-state index in [1.165, 1.54) is 0 Å². The summed E-state index contributed by atoms with van der Waals surface area (Å²) in [5, 5.41) is 4.54. The zero-order valence-corrected chi connectivity index (χ0v) is 27.1. The zero-order chi connectivity index (χ0) is 29.4. The number of aryl methyl sites for hydroxylation is 1. The number of rotatable bonds is 15. The maximum Gasteiger partial charge on any atom is 0.235 e. The van der Waals surface area contributed by atoms with Gasteiger partial charge in [0.05, 0.1) is 0 Å². The van der Waals surface area contributed by atoms with Crippen LogP contribution < -0.4 is 0 Å². The lowest BCUT2D eigenvalue weighted by Gasteiger charge is -2.43. The van der Waals surface area contributed by atoms with Crippen molar-refractivity contribution in [3.8, 4) is 0 Å². The lowest BCUT2D eigenvalue weighted by Crippen LogP contribution is -2.41. The standard InChI is InChI=1S/C30H49ClN4O2Si/c1-12-26(29(7,8)17-13-19-37-38(10,11)27(2,3)4)30(9,33-22-36)24-15-14-23(25(31)20-24)16-18-28(5,6)21-34-35-32/h12,14-15,20,26H,1,13,16-19,21H2,2-11H3. The lowest BCUT2D eigenvalue weighted by atomic mass is 9.64. The summed E-state index contributed by atoms with van der Waals surface area (Å²) in [5.41, 5.74) is 9.32. The minimum Gasteiger partial charge on any atom is -0.417 e. The topological polar surface area (TPSA) is 87.4 Å². The number of hydrogen-bond acceptors (Lipinski definition) is 4. The van der Waals surface area contributed by atoms with Crippen LogP contribution in [-0.4, -0.2) is 27.5 Å². The van der Waals surface area contributed by atoms with E-state index in [9.17, 15) is 4.79 Å². The Morgan fingerprint density at radius 1 is 1.16 bits per heavy atom. The Labute approximate surface area is 237 Å². The molecule has 0 spiro atoms. The third kappa shape index (κ3) is 9.10. The van der Waals surface area contributed by atoms with E-state index in [4.69, 9.17) is 21.6 Å². The molecule has 2 unspecified atom stereocenters. The molecule has 212 valence electrons. The van der Waals surface area contributed by atoms with Gasteiger partial charge in [-0.25, -0.2) is 4.79 Å². The van der Waals surface area contributed by atoms with Gasteiger partial charge in [-0.05, 0) is 84.3 Å². The van der Waals surface area contributed by atoms with Crippen LogP contribution in [-0.2, 0) is 21.2 Å². The maximum absolute atomic E-state index is 11.6. The van der Waals surface area contributed by atoms with E-state index in [0.29, 0.717) is 18.2 Å². The fourth-order valence-corrected chi connectivity index (χ4v) is 6.15. The highest BCUT2D eigenvalue weighted by atomic mass is 35.5. The van der Waals surface area contributed by atoms with Crippen LogP contribution in [0.1, 0.15) is 85.8 Å². The van der Waals surface area contributed by atoms with Gasteiger partial charge in [0.15, 0.2) is 8.32 Å². The van der Waals surface area contributed by atoms with Crippen molar-refractivity contribution in [3.05, 3.63) is 57.4 Å². The van der Waals surface area contributed by atoms with Crippen molar-refractivity contribution in [1.82, 2.24) is 0 Å². The van der Waals surface area contributed by atoms with E-state index in [0.717, 1.165) is 36.8 Å². The third-order valence-electron chi connectivity index (χ3n) is 8.47. The molecule has 0 radical (unpaired) electrons. The third-order valence-corrected chi connectivity index (χ3v) is 13.4. The van der Waals surface area contributed by atoms with E-state index in [-0.39, 0.29) is 21.8 Å². The lowest BCUT2D eigenvalue weighted by molar-refractivity contribution is 0.140. The minimum atomic E-state index is -1.80. The predicted octanol–water partition coefficient (Wildman–Crippen LogP) is 9.79. The molecular formula is C30H49ClN4O2Si. The molecule has 0 amide bonds. The van der Waals surface area contributed by atoms with Gasteiger partial charge in [-0.2, -0.15) is 4.99 Å². The first-order valence-corrected chi connectivity index (χ1v) is 16.8. The van der Waals surface area contributed by atoms with Crippen LogP contribution in [0.15, 0.2) is 41.0 Å². The highest BCUT2D eigenvalue weighted by Gasteiger charge is 2.44. The summed E-state index contributed by atoms with van der Waals surface area (Å²) >= 11 is 6.75. The molecule has 0 saturated carbocycles. The molecule has 0 saturated heterocycles. The van der Waals surface area contributed by atoms with Crippen molar-refractivity contribution < 1.29 is 9.22 Å². The first-order chi connectivity index (χ1) is 17.4. The Morgan fingerprint density at radius 2 is 1.79 bits per heavy atom. The van der Waals surface area contributed by atoms with Crippen LogP contribution in [0.5, 0.6) is 0 Å². The maximum atomic E-state index is 11.6. The highest BCUT2D eigenvalue weighted by molar-refractivity contribution is 6.74. The zero-order valence-electron chi connectivity index (χ0n) is 25.3. The van der Waals surface area contributed by atoms with Gasteiger partial charge in [0.25, 0.3) is 0 Å². The minimum absolute atomic E-state index is 0.128. The normalized spacial score (nSPS) is 15.1. The van der Waals surface area contributed by atoms with Gasteiger partial charge in [0.1, 0.15) is 5.54 Å². The molecule has 0 fully saturated rings. The summed E-state index contributed by atoms with van der Waals surface area (Å²) < 4.78 is 6.40. The van der Waals surface area contributed by atoms with Crippen LogP contribution in [0.25, 0.3) is 10.4 Å². The Balaban J connectivity index is 3.15. The van der Waals surface area contributed by atoms with E-state index < -0.39 is 13.9 Å². The van der Waals surface area contributed by atoms with Gasteiger partial charge in [-0.15, -0.1) is 6.58 Å². The molecule has 38 heavy (non-hydrogen) atoms. The van der Waals surface area contributed by atoms with Crippen molar-refractivity contribution in [1.29, 1.82) is 0 Å². The van der Waals surface area contributed by atoms with Crippen LogP contribution in [0.3, 0.4) is 0 Å². The number of azide groups is 1. The van der Waals surface area contributed by atoms with Crippen LogP contribution in [0, 0.1) is 16.7 Å². The SMILES string of the molecule is C=CC(C(C)(C)CCCO[Si](C)(C)C(C)(C)C)C(C)(N=C=O)c1ccc(CCC(C)(C)CN=[N+]=[N-])c(Cl)c1. The molecule has 6 nitrogen and oxygen atoms in total. The number of aliphatic imine (C=N–C) groups is 1. The number of nitrogens with zero attached hydrogens (tertiary/aromatic N) is 4. The van der Waals surface area contributed by atoms with Crippen molar-refractivity contribution in [2.45, 2.75) is 105 Å². The fraction of sp³-hybridized carbons (Fsp3) is 0.700. The summed E-state index contributed by atoms with van der Waals surface area (Å²) in [4.78, 5) is 18.9. The quantitative estimate of drug-likeness (QED) is 0.0312. The van der Waals surface area contributed by atoms with Crippen molar-refractivity contribution in [2.75, 3.05) is 13.2 Å². The Morgan fingerprint density at radius 3 is 2.29 bits per heavy atom. The summed E-state index contributed by atoms with van der Waals surface area (Å²) in [6.07, 6.45) is 7.13. The van der Waals surface area contributed by atoms with Crippen molar-refractivity contribution in [3.63, 3.8) is 0 Å². The van der Waals surface area contributed by atoms with Gasteiger partial charge in [-0.3, -0.25) is 0 Å². The summed E-state index contributed by atoms with van der Waals surface area (Å²) in [6.45, 7) is 27.1. The average molecular weight is 561 g/mol. The summed E-state index contributed by atoms with van der Waals surface area (Å²) in [7, 11) is -1.80. The Hall–Kier alpha value is -1.88. The van der Waals surface area contributed by atoms with E-state index >= 15 is 0 Å². The molecular weight excluding hydrogens is 512 g/mol. The number of carbonyl (C=O) groups excluding carboxylic acids is 1. The van der Waals surface area contributed by atoms with Crippen molar-refractivity contribution >= 4 is 26.0 Å². The van der Waals surface area contributed by atoms with E-state index in [1.807, 2.05) is 37.3 Å². The second-order valence-electron chi connectivity index (χ2n) is 13.6. The summed E-state index contributed by atoms with van der Waals surface area (Å²) in [6, 6.07) is 5.95. The number of hydrogen-bond donors (Lipinski definition) is 0. The number of halogens is 1. The summed E-state index contributed by atoms with van der Waals surface area (Å²) in [5.74, 6) is -0.131. The van der Waals surface area contributed by atoms with Gasteiger partial charge in [0.2, 0.25) is 6.08 Å². The van der Waals surface area contributed by atoms with Crippen LogP contribution in [0.4, 0.5) is 0 Å². The highest BCUT2D eigenvalue weighted by Crippen LogP contribution is 2.47. The van der Waals surface area contributed by atoms with Gasteiger partial charge >= 0.3 is 0 Å². The van der Waals surface area contributed by atoms with Gasteiger partial charge in [0, 0.05) is 29.0 Å². The van der Waals surface area contributed by atoms with Crippen LogP contribution in [0.2, 0.25) is 23.2 Å². The van der Waals surface area contributed by atoms with Gasteiger partial charge < -0.3 is 4.43 Å². The van der Waals surface area contributed by atoms with Crippen LogP contribution >= 0.6 is 11.6 Å². The smallest absolute Gasteiger partial charge is 0.235 e. The predicted molar refractivity (Wildman–Crippen MR) is 163 cm³/mol. The van der Waals surface area contributed by atoms with Gasteiger partial charge in [-0.1, -0.05) is 83.4 Å². The molecule has 2 atom stereocenters. The molecule has 0 aromatic heterocycles. The van der Waals surface area contributed by atoms with E-state index in [2.05, 4.69) is 83.2 Å². The average Bonchev–Trinajstić information content (AvgIpc) is 2.79.